The molecule has 0 saturated carbocycles. The zero-order valence-corrected chi connectivity index (χ0v) is 22.2. The number of hydrogen-bond acceptors (Lipinski definition) is 3. The van der Waals surface area contributed by atoms with Crippen LogP contribution >= 0.6 is 11.3 Å². The van der Waals surface area contributed by atoms with E-state index in [0.717, 1.165) is 50.1 Å². The van der Waals surface area contributed by atoms with E-state index in [9.17, 15) is 4.39 Å². The minimum absolute atomic E-state index is 0.233. The molecule has 8 rings (SSSR count). The van der Waals surface area contributed by atoms with Gasteiger partial charge in [-0.15, -0.1) is 11.3 Å². The Morgan fingerprint density at radius 3 is 1.90 bits per heavy atom. The second-order valence-electron chi connectivity index (χ2n) is 9.89. The van der Waals surface area contributed by atoms with Crippen molar-refractivity contribution in [1.29, 1.82) is 0 Å². The third-order valence-corrected chi connectivity index (χ3v) is 8.68. The van der Waals surface area contributed by atoms with E-state index in [4.69, 9.17) is 4.42 Å². The Hall–Kier alpha value is -4.93. The van der Waals surface area contributed by atoms with Crippen LogP contribution in [-0.4, -0.2) is 0 Å². The summed E-state index contributed by atoms with van der Waals surface area (Å²) in [6.45, 7) is 0. The molecule has 0 aliphatic rings. The molecule has 0 N–H and O–H groups in total. The molecule has 0 unspecified atom stereocenters. The first-order valence-electron chi connectivity index (χ1n) is 13.2. The third kappa shape index (κ3) is 3.61. The molecule has 8 aromatic rings. The van der Waals surface area contributed by atoms with Crippen molar-refractivity contribution in [1.82, 2.24) is 0 Å². The van der Waals surface area contributed by atoms with Gasteiger partial charge < -0.3 is 9.32 Å². The van der Waals surface area contributed by atoms with Gasteiger partial charge in [0.15, 0.2) is 0 Å². The summed E-state index contributed by atoms with van der Waals surface area (Å²) < 4.78 is 22.4. The summed E-state index contributed by atoms with van der Waals surface area (Å²) in [6.07, 6.45) is 0. The summed E-state index contributed by atoms with van der Waals surface area (Å²) in [5.41, 5.74) is 6.95. The van der Waals surface area contributed by atoms with E-state index in [1.807, 2.05) is 41.7 Å². The molecule has 6 aromatic carbocycles. The average molecular weight is 536 g/mol. The normalized spacial score (nSPS) is 11.6. The molecule has 0 amide bonds. The predicted molar refractivity (Wildman–Crippen MR) is 167 cm³/mol. The van der Waals surface area contributed by atoms with Crippen LogP contribution in [0.25, 0.3) is 53.2 Å². The molecule has 190 valence electrons. The number of thiophene rings is 1. The standard InChI is InChI=1S/C36H22FNOS/c37-25-19-15-23(16-20-25)24-17-21-26(22-18-24)38(29-9-5-12-32-35(29)27-7-1-3-11-31(27)39-32)30-10-6-14-34-36(30)28-8-2-4-13-33(28)40-34/h1-22H. The molecular formula is C36H22FNOS. The van der Waals surface area contributed by atoms with Gasteiger partial charge in [0.2, 0.25) is 0 Å². The van der Waals surface area contributed by atoms with E-state index in [2.05, 4.69) is 95.9 Å². The van der Waals surface area contributed by atoms with Crippen LogP contribution in [0.3, 0.4) is 0 Å². The largest absolute Gasteiger partial charge is 0.456 e. The first-order chi connectivity index (χ1) is 19.7. The molecule has 0 aliphatic heterocycles. The Morgan fingerprint density at radius 1 is 0.500 bits per heavy atom. The van der Waals surface area contributed by atoms with E-state index >= 15 is 0 Å². The summed E-state index contributed by atoms with van der Waals surface area (Å²) >= 11 is 1.82. The van der Waals surface area contributed by atoms with E-state index < -0.39 is 0 Å². The van der Waals surface area contributed by atoms with Crippen molar-refractivity contribution in [2.45, 2.75) is 0 Å². The van der Waals surface area contributed by atoms with Crippen molar-refractivity contribution in [2.75, 3.05) is 4.90 Å². The Kier molecular flexibility index (Phi) is 5.22. The number of benzene rings is 6. The van der Waals surface area contributed by atoms with Gasteiger partial charge in [-0.1, -0.05) is 72.8 Å². The molecule has 2 heterocycles. The molecule has 0 aliphatic carbocycles. The zero-order chi connectivity index (χ0) is 26.6. The van der Waals surface area contributed by atoms with Crippen molar-refractivity contribution in [2.24, 2.45) is 0 Å². The van der Waals surface area contributed by atoms with Crippen molar-refractivity contribution in [3.05, 3.63) is 139 Å². The first-order valence-corrected chi connectivity index (χ1v) is 14.0. The van der Waals surface area contributed by atoms with Gasteiger partial charge in [-0.2, -0.15) is 0 Å². The number of nitrogens with zero attached hydrogens (tertiary/aromatic N) is 1. The van der Waals surface area contributed by atoms with E-state index in [-0.39, 0.29) is 5.82 Å². The zero-order valence-electron chi connectivity index (χ0n) is 21.3. The minimum Gasteiger partial charge on any atom is -0.456 e. The van der Waals surface area contributed by atoms with Crippen LogP contribution in [0.5, 0.6) is 0 Å². The van der Waals surface area contributed by atoms with Gasteiger partial charge in [-0.3, -0.25) is 0 Å². The summed E-state index contributed by atoms with van der Waals surface area (Å²) in [5.74, 6) is -0.233. The Morgan fingerprint density at radius 2 is 1.10 bits per heavy atom. The molecule has 0 fully saturated rings. The number of hydrogen-bond donors (Lipinski definition) is 0. The molecule has 0 spiro atoms. The quantitative estimate of drug-likeness (QED) is 0.223. The summed E-state index contributed by atoms with van der Waals surface area (Å²) in [4.78, 5) is 2.35. The highest BCUT2D eigenvalue weighted by Crippen LogP contribution is 2.47. The predicted octanol–water partition coefficient (Wildman–Crippen LogP) is 11.2. The van der Waals surface area contributed by atoms with Crippen LogP contribution in [-0.2, 0) is 0 Å². The second kappa shape index (κ2) is 9.08. The highest BCUT2D eigenvalue weighted by atomic mass is 32.1. The van der Waals surface area contributed by atoms with Gasteiger partial charge in [0, 0.05) is 31.2 Å². The van der Waals surface area contributed by atoms with Crippen LogP contribution in [0.4, 0.5) is 21.5 Å². The van der Waals surface area contributed by atoms with Crippen LogP contribution in [0.2, 0.25) is 0 Å². The molecule has 0 bridgehead atoms. The molecule has 0 atom stereocenters. The number of furan rings is 1. The molecule has 0 saturated heterocycles. The Labute approximate surface area is 234 Å². The third-order valence-electron chi connectivity index (χ3n) is 7.55. The van der Waals surface area contributed by atoms with Gasteiger partial charge in [-0.25, -0.2) is 4.39 Å². The van der Waals surface area contributed by atoms with Crippen molar-refractivity contribution < 1.29 is 8.81 Å². The maximum atomic E-state index is 13.6. The van der Waals surface area contributed by atoms with Crippen LogP contribution < -0.4 is 4.90 Å². The highest BCUT2D eigenvalue weighted by molar-refractivity contribution is 7.26. The Bertz CT molecular complexity index is 2060. The van der Waals surface area contributed by atoms with E-state index in [1.54, 1.807) is 0 Å². The first kappa shape index (κ1) is 23.0. The molecule has 2 nitrogen and oxygen atoms in total. The topological polar surface area (TPSA) is 16.4 Å². The molecular weight excluding hydrogens is 513 g/mol. The van der Waals surface area contributed by atoms with E-state index in [0.29, 0.717) is 0 Å². The number of fused-ring (bicyclic) bond motifs is 6. The van der Waals surface area contributed by atoms with Crippen molar-refractivity contribution in [3.63, 3.8) is 0 Å². The molecule has 4 heteroatoms. The monoisotopic (exact) mass is 535 g/mol. The highest BCUT2D eigenvalue weighted by Gasteiger charge is 2.22. The van der Waals surface area contributed by atoms with Crippen LogP contribution in [0.15, 0.2) is 138 Å². The SMILES string of the molecule is Fc1ccc(-c2ccc(N(c3cccc4oc5ccccc5c34)c3cccc4sc5ccccc5c34)cc2)cc1. The molecule has 40 heavy (non-hydrogen) atoms. The number of rotatable bonds is 4. The van der Waals surface area contributed by atoms with Gasteiger partial charge in [-0.05, 0) is 71.8 Å². The van der Waals surface area contributed by atoms with Gasteiger partial charge in [0.05, 0.1) is 16.8 Å². The van der Waals surface area contributed by atoms with Crippen LogP contribution in [0, 0.1) is 5.82 Å². The van der Waals surface area contributed by atoms with Gasteiger partial charge in [0.1, 0.15) is 17.0 Å². The lowest BCUT2D eigenvalue weighted by Crippen LogP contribution is -2.10. The fourth-order valence-corrected chi connectivity index (χ4v) is 6.86. The minimum atomic E-state index is -0.233. The maximum absolute atomic E-state index is 13.6. The smallest absolute Gasteiger partial charge is 0.137 e. The average Bonchev–Trinajstić information content (AvgIpc) is 3.57. The van der Waals surface area contributed by atoms with Crippen molar-refractivity contribution >= 4 is 70.5 Å². The molecule has 2 aromatic heterocycles. The lowest BCUT2D eigenvalue weighted by Gasteiger charge is -2.27. The maximum Gasteiger partial charge on any atom is 0.137 e. The van der Waals surface area contributed by atoms with Crippen LogP contribution in [0.1, 0.15) is 0 Å². The van der Waals surface area contributed by atoms with E-state index in [1.165, 1.54) is 32.3 Å². The van der Waals surface area contributed by atoms with Gasteiger partial charge >= 0.3 is 0 Å². The number of halogens is 1. The fraction of sp³-hybridized carbons (Fsp3) is 0. The Balaban J connectivity index is 1.41. The molecule has 0 radical (unpaired) electrons. The fourth-order valence-electron chi connectivity index (χ4n) is 5.74. The number of anilines is 3. The lowest BCUT2D eigenvalue weighted by atomic mass is 10.0. The van der Waals surface area contributed by atoms with Crippen molar-refractivity contribution in [3.8, 4) is 11.1 Å². The second-order valence-corrected chi connectivity index (χ2v) is 11.0. The summed E-state index contributed by atoms with van der Waals surface area (Å²) in [6, 6.07) is 44.8. The van der Waals surface area contributed by atoms with Gasteiger partial charge in [0.25, 0.3) is 0 Å². The summed E-state index contributed by atoms with van der Waals surface area (Å²) in [7, 11) is 0. The number of para-hydroxylation sites is 1. The lowest BCUT2D eigenvalue weighted by molar-refractivity contribution is 0.628. The summed E-state index contributed by atoms with van der Waals surface area (Å²) in [5, 5.41) is 4.64.